The topological polar surface area (TPSA) is 25.8 Å². The Morgan fingerprint density at radius 2 is 1.63 bits per heavy atom. The van der Waals surface area contributed by atoms with Gasteiger partial charge in [0.05, 0.1) is 5.69 Å². The summed E-state index contributed by atoms with van der Waals surface area (Å²) in [6, 6.07) is 23.7. The molecule has 2 nitrogen and oxygen atoms in total. The predicted molar refractivity (Wildman–Crippen MR) is 128 cm³/mol. The molecule has 0 atom stereocenters. The van der Waals surface area contributed by atoms with E-state index in [1.165, 1.54) is 32.3 Å². The van der Waals surface area contributed by atoms with Gasteiger partial charge in [0.15, 0.2) is 0 Å². The van der Waals surface area contributed by atoms with Crippen LogP contribution < -0.4 is 0 Å². The Kier molecular flexibility index (Phi) is 4.19. The van der Waals surface area contributed by atoms with Gasteiger partial charge in [-0.1, -0.05) is 66.7 Å². The van der Waals surface area contributed by atoms with E-state index in [9.17, 15) is 0 Å². The number of allylic oxidation sites excluding steroid dienone is 1. The zero-order valence-electron chi connectivity index (χ0n) is 16.1. The Balaban J connectivity index is 1.47. The molecule has 4 heteroatoms. The maximum Gasteiger partial charge on any atom is 0.224 e. The molecule has 30 heavy (non-hydrogen) atoms. The van der Waals surface area contributed by atoms with Crippen molar-refractivity contribution < 1.29 is 0 Å². The fourth-order valence-corrected chi connectivity index (χ4v) is 5.53. The van der Waals surface area contributed by atoms with Crippen molar-refractivity contribution in [3.63, 3.8) is 0 Å². The fraction of sp³-hybridized carbons (Fsp3) is 0.0769. The van der Waals surface area contributed by atoms with Crippen molar-refractivity contribution in [2.24, 2.45) is 0 Å². The van der Waals surface area contributed by atoms with Gasteiger partial charge >= 0.3 is 0 Å². The molecule has 0 unspecified atom stereocenters. The van der Waals surface area contributed by atoms with Crippen LogP contribution in [0.4, 0.5) is 0 Å². The van der Waals surface area contributed by atoms with E-state index >= 15 is 0 Å². The van der Waals surface area contributed by atoms with E-state index in [0.717, 1.165) is 34.3 Å². The molecule has 1 aliphatic rings. The number of hydrogen-bond donors (Lipinski definition) is 0. The van der Waals surface area contributed by atoms with E-state index in [1.54, 1.807) is 11.3 Å². The Bertz CT molecular complexity index is 1450. The molecular weight excluding hydrogens is 408 g/mol. The second kappa shape index (κ2) is 7.05. The minimum absolute atomic E-state index is 0.287. The summed E-state index contributed by atoms with van der Waals surface area (Å²) in [5.74, 6) is 0. The lowest BCUT2D eigenvalue weighted by atomic mass is 9.93. The van der Waals surface area contributed by atoms with Crippen LogP contribution in [-0.2, 0) is 6.42 Å². The highest BCUT2D eigenvalue weighted by atomic mass is 35.5. The molecule has 3 aromatic carbocycles. The normalized spacial score (nSPS) is 13.1. The Labute approximate surface area is 183 Å². The summed E-state index contributed by atoms with van der Waals surface area (Å²) in [5.41, 5.74) is 7.14. The summed E-state index contributed by atoms with van der Waals surface area (Å²) in [6.45, 7) is 0. The molecule has 144 valence electrons. The molecule has 0 radical (unpaired) electrons. The first-order valence-electron chi connectivity index (χ1n) is 10.0. The third-order valence-corrected chi connectivity index (χ3v) is 6.96. The highest BCUT2D eigenvalue weighted by Gasteiger charge is 2.15. The number of aryl methyl sites for hydroxylation is 1. The smallest absolute Gasteiger partial charge is 0.217 e. The Morgan fingerprint density at radius 3 is 2.53 bits per heavy atom. The largest absolute Gasteiger partial charge is 0.224 e. The number of benzene rings is 3. The zero-order chi connectivity index (χ0) is 20.1. The van der Waals surface area contributed by atoms with Crippen LogP contribution in [0.5, 0.6) is 0 Å². The number of thiophene rings is 1. The Hall–Kier alpha value is -3.01. The first-order valence-corrected chi connectivity index (χ1v) is 11.2. The van der Waals surface area contributed by atoms with Crippen molar-refractivity contribution in [3.05, 3.63) is 89.2 Å². The maximum atomic E-state index is 6.27. The first kappa shape index (κ1) is 17.8. The van der Waals surface area contributed by atoms with Crippen LogP contribution in [0.15, 0.2) is 72.8 Å². The summed E-state index contributed by atoms with van der Waals surface area (Å²) in [4.78, 5) is 10.0. The van der Waals surface area contributed by atoms with Gasteiger partial charge in [0.25, 0.3) is 0 Å². The van der Waals surface area contributed by atoms with E-state index in [0.29, 0.717) is 0 Å². The third kappa shape index (κ3) is 2.94. The van der Waals surface area contributed by atoms with Crippen LogP contribution in [0, 0.1) is 0 Å². The lowest BCUT2D eigenvalue weighted by Gasteiger charge is -2.12. The van der Waals surface area contributed by atoms with E-state index in [1.807, 2.05) is 0 Å². The molecule has 0 bridgehead atoms. The third-order valence-electron chi connectivity index (χ3n) is 5.73. The van der Waals surface area contributed by atoms with Crippen LogP contribution in [0.25, 0.3) is 48.8 Å². The van der Waals surface area contributed by atoms with Crippen LogP contribution in [0.3, 0.4) is 0 Å². The number of halogens is 1. The monoisotopic (exact) mass is 424 g/mol. The predicted octanol–water partition coefficient (Wildman–Crippen LogP) is 7.79. The van der Waals surface area contributed by atoms with Crippen LogP contribution in [0.1, 0.15) is 17.5 Å². The van der Waals surface area contributed by atoms with E-state index < -0.39 is 0 Å². The standard InChI is InChI=1S/C26H17ClN2S/c27-26-28-24(23-21-7-3-4-8-22(21)30-25(23)29-26)18-12-9-17(10-13-18)20-14-11-16-5-1-2-6-19(16)15-20/h2-4,6-15H,1,5H2. The van der Waals surface area contributed by atoms with E-state index in [4.69, 9.17) is 11.6 Å². The molecule has 2 aromatic heterocycles. The average Bonchev–Trinajstić information content (AvgIpc) is 3.16. The van der Waals surface area contributed by atoms with Crippen LogP contribution >= 0.6 is 22.9 Å². The molecule has 5 aromatic rings. The van der Waals surface area contributed by atoms with Gasteiger partial charge in [-0.25, -0.2) is 9.97 Å². The number of nitrogens with zero attached hydrogens (tertiary/aromatic N) is 2. The van der Waals surface area contributed by atoms with Gasteiger partial charge in [-0.05, 0) is 58.8 Å². The van der Waals surface area contributed by atoms with E-state index in [-0.39, 0.29) is 5.28 Å². The number of rotatable bonds is 2. The summed E-state index contributed by atoms with van der Waals surface area (Å²) < 4.78 is 1.20. The van der Waals surface area contributed by atoms with Gasteiger partial charge in [0.2, 0.25) is 5.28 Å². The fourth-order valence-electron chi connectivity index (χ4n) is 4.23. The molecular formula is C26H17ClN2S. The highest BCUT2D eigenvalue weighted by molar-refractivity contribution is 7.25. The SMILES string of the molecule is Clc1nc(-c2ccc(-c3ccc4c(c3)C=CCC4)cc2)c2c(n1)sc1ccccc12. The van der Waals surface area contributed by atoms with Crippen LogP contribution in [-0.4, -0.2) is 9.97 Å². The van der Waals surface area contributed by atoms with Crippen molar-refractivity contribution in [3.8, 4) is 22.4 Å². The number of fused-ring (bicyclic) bond motifs is 4. The first-order chi connectivity index (χ1) is 14.8. The second-order valence-corrected chi connectivity index (χ2v) is 8.92. The molecule has 0 saturated carbocycles. The average molecular weight is 425 g/mol. The minimum atomic E-state index is 0.287. The summed E-state index contributed by atoms with van der Waals surface area (Å²) >= 11 is 7.93. The molecule has 1 aliphatic carbocycles. The molecule has 0 fully saturated rings. The summed E-state index contributed by atoms with van der Waals surface area (Å²) in [5, 5.41) is 2.54. The van der Waals surface area contributed by atoms with Gasteiger partial charge in [0, 0.05) is 21.0 Å². The molecule has 0 spiro atoms. The summed E-state index contributed by atoms with van der Waals surface area (Å²) in [7, 11) is 0. The van der Waals surface area contributed by atoms with Crippen molar-refractivity contribution >= 4 is 49.3 Å². The molecule has 6 rings (SSSR count). The van der Waals surface area contributed by atoms with Gasteiger partial charge in [-0.2, -0.15) is 0 Å². The van der Waals surface area contributed by atoms with Gasteiger partial charge < -0.3 is 0 Å². The maximum absolute atomic E-state index is 6.27. The van der Waals surface area contributed by atoms with E-state index in [2.05, 4.69) is 88.9 Å². The Morgan fingerprint density at radius 1 is 0.833 bits per heavy atom. The quantitative estimate of drug-likeness (QED) is 0.270. The molecule has 2 heterocycles. The van der Waals surface area contributed by atoms with Crippen molar-refractivity contribution in [2.45, 2.75) is 12.8 Å². The summed E-state index contributed by atoms with van der Waals surface area (Å²) in [6.07, 6.45) is 6.75. The molecule has 0 N–H and O–H groups in total. The van der Waals surface area contributed by atoms with Gasteiger partial charge in [-0.15, -0.1) is 11.3 Å². The van der Waals surface area contributed by atoms with Crippen molar-refractivity contribution in [1.82, 2.24) is 9.97 Å². The minimum Gasteiger partial charge on any atom is -0.217 e. The zero-order valence-corrected chi connectivity index (χ0v) is 17.7. The lowest BCUT2D eigenvalue weighted by Crippen LogP contribution is -1.94. The van der Waals surface area contributed by atoms with Crippen molar-refractivity contribution in [1.29, 1.82) is 0 Å². The number of hydrogen-bond acceptors (Lipinski definition) is 3. The molecule has 0 amide bonds. The highest BCUT2D eigenvalue weighted by Crippen LogP contribution is 2.39. The number of aromatic nitrogens is 2. The molecule has 0 aliphatic heterocycles. The van der Waals surface area contributed by atoms with Crippen LogP contribution in [0.2, 0.25) is 5.28 Å². The van der Waals surface area contributed by atoms with Gasteiger partial charge in [0.1, 0.15) is 4.83 Å². The lowest BCUT2D eigenvalue weighted by molar-refractivity contribution is 0.986. The van der Waals surface area contributed by atoms with Gasteiger partial charge in [-0.3, -0.25) is 0 Å². The second-order valence-electron chi connectivity index (χ2n) is 7.55. The van der Waals surface area contributed by atoms with Crippen molar-refractivity contribution in [2.75, 3.05) is 0 Å². The molecule has 0 saturated heterocycles.